The summed E-state index contributed by atoms with van der Waals surface area (Å²) in [5.41, 5.74) is 1.46. The summed E-state index contributed by atoms with van der Waals surface area (Å²) >= 11 is 0. The van der Waals surface area contributed by atoms with Gasteiger partial charge in [0.2, 0.25) is 0 Å². The van der Waals surface area contributed by atoms with E-state index in [0.29, 0.717) is 29.2 Å². The molecular formula is C22H26N2O6. The van der Waals surface area contributed by atoms with Gasteiger partial charge in [0.25, 0.3) is 11.6 Å². The van der Waals surface area contributed by atoms with Crippen LogP contribution in [0.4, 0.5) is 11.4 Å². The zero-order valence-electron chi connectivity index (χ0n) is 17.2. The first-order valence-electron chi connectivity index (χ1n) is 9.85. The van der Waals surface area contributed by atoms with Crippen LogP contribution in [-0.2, 0) is 9.53 Å². The monoisotopic (exact) mass is 414 g/mol. The molecule has 0 saturated carbocycles. The Morgan fingerprint density at radius 2 is 1.80 bits per heavy atom. The standard InChI is InChI=1S/C22H26N2O6/c1-3-4-5-6-13-29-22(26)17-7-9-18(10-8-17)23-21(25)15-30-20-12-11-19(24(27)28)14-16(20)2/h7-12,14H,3-6,13,15H2,1-2H3,(H,23,25). The molecule has 30 heavy (non-hydrogen) atoms. The molecule has 2 aromatic rings. The van der Waals surface area contributed by atoms with Gasteiger partial charge < -0.3 is 14.8 Å². The van der Waals surface area contributed by atoms with E-state index in [-0.39, 0.29) is 24.2 Å². The van der Waals surface area contributed by atoms with Gasteiger partial charge in [-0.3, -0.25) is 14.9 Å². The quantitative estimate of drug-likeness (QED) is 0.248. The van der Waals surface area contributed by atoms with Crippen LogP contribution in [-0.4, -0.2) is 30.0 Å². The van der Waals surface area contributed by atoms with Gasteiger partial charge in [0.15, 0.2) is 6.61 Å². The number of nitrogens with one attached hydrogen (secondary N) is 1. The summed E-state index contributed by atoms with van der Waals surface area (Å²) in [5, 5.41) is 13.4. The number of ether oxygens (including phenoxy) is 2. The maximum atomic E-state index is 12.1. The lowest BCUT2D eigenvalue weighted by Gasteiger charge is -2.10. The summed E-state index contributed by atoms with van der Waals surface area (Å²) in [7, 11) is 0. The summed E-state index contributed by atoms with van der Waals surface area (Å²) in [6.07, 6.45) is 4.14. The molecule has 0 aliphatic rings. The number of nitrogens with zero attached hydrogens (tertiary/aromatic N) is 1. The van der Waals surface area contributed by atoms with Crippen molar-refractivity contribution in [2.24, 2.45) is 0 Å². The minimum Gasteiger partial charge on any atom is -0.483 e. The Balaban J connectivity index is 1.80. The van der Waals surface area contributed by atoms with E-state index < -0.39 is 4.92 Å². The second kappa shape index (κ2) is 11.5. The average molecular weight is 414 g/mol. The SMILES string of the molecule is CCCCCCOC(=O)c1ccc(NC(=O)COc2ccc([N+](=O)[O-])cc2C)cc1. The molecular weight excluding hydrogens is 388 g/mol. The van der Waals surface area contributed by atoms with Crippen molar-refractivity contribution in [3.8, 4) is 5.75 Å². The lowest BCUT2D eigenvalue weighted by atomic mass is 10.2. The highest BCUT2D eigenvalue weighted by Crippen LogP contribution is 2.23. The molecule has 0 aliphatic heterocycles. The van der Waals surface area contributed by atoms with E-state index in [1.807, 2.05) is 0 Å². The Kier molecular flexibility index (Phi) is 8.80. The molecule has 0 saturated heterocycles. The smallest absolute Gasteiger partial charge is 0.338 e. The Bertz CT molecular complexity index is 880. The second-order valence-electron chi connectivity index (χ2n) is 6.82. The number of esters is 1. The topological polar surface area (TPSA) is 108 Å². The number of aryl methyl sites for hydroxylation is 1. The van der Waals surface area contributed by atoms with Crippen LogP contribution < -0.4 is 10.1 Å². The molecule has 0 bridgehead atoms. The lowest BCUT2D eigenvalue weighted by molar-refractivity contribution is -0.384. The van der Waals surface area contributed by atoms with Crippen molar-refractivity contribution in [3.63, 3.8) is 0 Å². The number of rotatable bonds is 11. The van der Waals surface area contributed by atoms with Gasteiger partial charge >= 0.3 is 5.97 Å². The molecule has 0 heterocycles. The molecule has 0 unspecified atom stereocenters. The Morgan fingerprint density at radius 3 is 2.43 bits per heavy atom. The minimum absolute atomic E-state index is 0.0381. The number of amides is 1. The number of nitro groups is 1. The van der Waals surface area contributed by atoms with Crippen LogP contribution in [0.15, 0.2) is 42.5 Å². The van der Waals surface area contributed by atoms with Crippen molar-refractivity contribution in [1.82, 2.24) is 0 Å². The van der Waals surface area contributed by atoms with E-state index in [1.165, 1.54) is 18.2 Å². The summed E-state index contributed by atoms with van der Waals surface area (Å²) in [4.78, 5) is 34.3. The van der Waals surface area contributed by atoms with Gasteiger partial charge in [0.1, 0.15) is 5.75 Å². The number of anilines is 1. The molecule has 0 fully saturated rings. The third-order valence-electron chi connectivity index (χ3n) is 4.36. The Hall–Kier alpha value is -3.42. The highest BCUT2D eigenvalue weighted by molar-refractivity contribution is 5.93. The van der Waals surface area contributed by atoms with Crippen LogP contribution in [0.2, 0.25) is 0 Å². The molecule has 160 valence electrons. The van der Waals surface area contributed by atoms with Crippen LogP contribution in [0.5, 0.6) is 5.75 Å². The maximum absolute atomic E-state index is 12.1. The number of nitro benzene ring substituents is 1. The van der Waals surface area contributed by atoms with Gasteiger partial charge in [0.05, 0.1) is 17.1 Å². The third-order valence-corrected chi connectivity index (χ3v) is 4.36. The van der Waals surface area contributed by atoms with E-state index in [9.17, 15) is 19.7 Å². The van der Waals surface area contributed by atoms with Crippen LogP contribution in [0, 0.1) is 17.0 Å². The molecule has 1 amide bonds. The first kappa shape index (κ1) is 22.9. The maximum Gasteiger partial charge on any atom is 0.338 e. The van der Waals surface area contributed by atoms with Gasteiger partial charge in [-0.15, -0.1) is 0 Å². The van der Waals surface area contributed by atoms with Crippen LogP contribution in [0.3, 0.4) is 0 Å². The Labute approximate surface area is 175 Å². The van der Waals surface area contributed by atoms with Gasteiger partial charge in [-0.1, -0.05) is 26.2 Å². The van der Waals surface area contributed by atoms with Crippen LogP contribution in [0.25, 0.3) is 0 Å². The third kappa shape index (κ3) is 7.20. The molecule has 0 atom stereocenters. The highest BCUT2D eigenvalue weighted by atomic mass is 16.6. The number of carbonyl (C=O) groups is 2. The van der Waals surface area contributed by atoms with E-state index in [1.54, 1.807) is 31.2 Å². The summed E-state index contributed by atoms with van der Waals surface area (Å²) < 4.78 is 10.7. The number of hydrogen-bond acceptors (Lipinski definition) is 6. The van der Waals surface area contributed by atoms with Crippen molar-refractivity contribution in [1.29, 1.82) is 0 Å². The van der Waals surface area contributed by atoms with Crippen molar-refractivity contribution >= 4 is 23.3 Å². The summed E-state index contributed by atoms with van der Waals surface area (Å²) in [6, 6.07) is 10.6. The van der Waals surface area contributed by atoms with Crippen molar-refractivity contribution < 1.29 is 24.0 Å². The highest BCUT2D eigenvalue weighted by Gasteiger charge is 2.11. The van der Waals surface area contributed by atoms with Crippen molar-refractivity contribution in [2.75, 3.05) is 18.5 Å². The van der Waals surface area contributed by atoms with Gasteiger partial charge in [-0.05, 0) is 49.2 Å². The molecule has 0 aliphatic carbocycles. The molecule has 8 nitrogen and oxygen atoms in total. The molecule has 0 spiro atoms. The second-order valence-corrected chi connectivity index (χ2v) is 6.82. The minimum atomic E-state index is -0.491. The first-order valence-corrected chi connectivity index (χ1v) is 9.85. The van der Waals surface area contributed by atoms with E-state index in [2.05, 4.69) is 12.2 Å². The summed E-state index contributed by atoms with van der Waals surface area (Å²) in [6.45, 7) is 3.94. The zero-order chi connectivity index (χ0) is 21.9. The fourth-order valence-electron chi connectivity index (χ4n) is 2.72. The van der Waals surface area contributed by atoms with Crippen molar-refractivity contribution in [3.05, 3.63) is 63.7 Å². The van der Waals surface area contributed by atoms with E-state index in [0.717, 1.165) is 25.7 Å². The predicted octanol–water partition coefficient (Wildman–Crippen LogP) is 4.66. The molecule has 1 N–H and O–H groups in total. The predicted molar refractivity (Wildman–Crippen MR) is 113 cm³/mol. The van der Waals surface area contributed by atoms with E-state index in [4.69, 9.17) is 9.47 Å². The molecule has 0 radical (unpaired) electrons. The van der Waals surface area contributed by atoms with Crippen molar-refractivity contribution in [2.45, 2.75) is 39.5 Å². The first-order chi connectivity index (χ1) is 14.4. The number of carbonyl (C=O) groups excluding carboxylic acids is 2. The molecule has 0 aromatic heterocycles. The number of non-ortho nitro benzene ring substituents is 1. The lowest BCUT2D eigenvalue weighted by Crippen LogP contribution is -2.20. The van der Waals surface area contributed by atoms with Gasteiger partial charge in [-0.2, -0.15) is 0 Å². The average Bonchev–Trinajstić information content (AvgIpc) is 2.73. The number of hydrogen-bond donors (Lipinski definition) is 1. The fraction of sp³-hybridized carbons (Fsp3) is 0.364. The fourth-order valence-corrected chi connectivity index (χ4v) is 2.72. The number of benzene rings is 2. The summed E-state index contributed by atoms with van der Waals surface area (Å²) in [5.74, 6) is -0.381. The van der Waals surface area contributed by atoms with Crippen LogP contribution >= 0.6 is 0 Å². The normalized spacial score (nSPS) is 10.3. The zero-order valence-corrected chi connectivity index (χ0v) is 17.2. The molecule has 8 heteroatoms. The van der Waals surface area contributed by atoms with E-state index >= 15 is 0 Å². The molecule has 2 aromatic carbocycles. The Morgan fingerprint density at radius 1 is 1.07 bits per heavy atom. The van der Waals surface area contributed by atoms with Crippen LogP contribution in [0.1, 0.15) is 48.5 Å². The number of unbranched alkanes of at least 4 members (excludes halogenated alkanes) is 3. The van der Waals surface area contributed by atoms with Gasteiger partial charge in [0, 0.05) is 17.8 Å². The van der Waals surface area contributed by atoms with Gasteiger partial charge in [-0.25, -0.2) is 4.79 Å². The largest absolute Gasteiger partial charge is 0.483 e. The molecule has 2 rings (SSSR count).